The predicted molar refractivity (Wildman–Crippen MR) is 109 cm³/mol. The molecule has 1 aliphatic rings. The van der Waals surface area contributed by atoms with E-state index in [0.717, 1.165) is 41.4 Å². The van der Waals surface area contributed by atoms with E-state index >= 15 is 0 Å². The van der Waals surface area contributed by atoms with Gasteiger partial charge in [-0.2, -0.15) is 0 Å². The van der Waals surface area contributed by atoms with Crippen LogP contribution in [0, 0.1) is 0 Å². The largest absolute Gasteiger partial charge is 0.494 e. The van der Waals surface area contributed by atoms with Crippen molar-refractivity contribution in [1.29, 1.82) is 0 Å². The number of thioether (sulfide) groups is 1. The van der Waals surface area contributed by atoms with Crippen LogP contribution in [0.15, 0.2) is 53.9 Å². The molecule has 2 aromatic heterocycles. The maximum Gasteiger partial charge on any atom is 0.196 e. The van der Waals surface area contributed by atoms with Crippen molar-refractivity contribution in [1.82, 2.24) is 19.7 Å². The Labute approximate surface area is 168 Å². The molecule has 3 aromatic rings. The molecule has 0 radical (unpaired) electrons. The van der Waals surface area contributed by atoms with Crippen LogP contribution in [-0.2, 0) is 4.79 Å². The molecule has 4 rings (SSSR count). The number of hydrogen-bond acceptors (Lipinski definition) is 6. The van der Waals surface area contributed by atoms with Crippen molar-refractivity contribution >= 4 is 17.5 Å². The average molecular weight is 394 g/mol. The molecule has 6 nitrogen and oxygen atoms in total. The predicted octanol–water partition coefficient (Wildman–Crippen LogP) is 4.33. The standard InChI is InChI=1S/C21H22N4O2S/c1-2-27-17-11-9-16(10-12-17)25-20(15-6-5-13-22-14-15)23-24-21(25)28-19-8-4-3-7-18(19)26/h5-6,9-14,19H,2-4,7-8H2,1H3. The number of nitrogens with zero attached hydrogens (tertiary/aromatic N) is 4. The fraction of sp³-hybridized carbons (Fsp3) is 0.333. The lowest BCUT2D eigenvalue weighted by atomic mass is 9.99. The van der Waals surface area contributed by atoms with E-state index in [-0.39, 0.29) is 5.25 Å². The second kappa shape index (κ2) is 8.56. The van der Waals surface area contributed by atoms with Crippen LogP contribution >= 0.6 is 11.8 Å². The number of carbonyl (C=O) groups excluding carboxylic acids is 1. The van der Waals surface area contributed by atoms with Crippen molar-refractivity contribution in [3.8, 4) is 22.8 Å². The quantitative estimate of drug-likeness (QED) is 0.620. The molecule has 1 aromatic carbocycles. The fourth-order valence-corrected chi connectivity index (χ4v) is 4.50. The molecule has 1 saturated carbocycles. The molecular weight excluding hydrogens is 372 g/mol. The Bertz CT molecular complexity index is 941. The van der Waals surface area contributed by atoms with Crippen molar-refractivity contribution in [2.75, 3.05) is 6.61 Å². The molecule has 0 amide bonds. The molecule has 1 fully saturated rings. The third kappa shape index (κ3) is 3.94. The number of hydrogen-bond donors (Lipinski definition) is 0. The van der Waals surface area contributed by atoms with Gasteiger partial charge >= 0.3 is 0 Å². The first-order valence-corrected chi connectivity index (χ1v) is 10.4. The van der Waals surface area contributed by atoms with Gasteiger partial charge in [0, 0.05) is 30.1 Å². The van der Waals surface area contributed by atoms with Crippen LogP contribution in [0.4, 0.5) is 0 Å². The van der Waals surface area contributed by atoms with Crippen molar-refractivity contribution in [2.24, 2.45) is 0 Å². The second-order valence-corrected chi connectivity index (χ2v) is 7.80. The minimum atomic E-state index is -0.0545. The zero-order valence-corrected chi connectivity index (χ0v) is 16.6. The molecular formula is C21H22N4O2S. The van der Waals surface area contributed by atoms with Crippen LogP contribution in [0.2, 0.25) is 0 Å². The van der Waals surface area contributed by atoms with E-state index in [9.17, 15) is 4.79 Å². The zero-order valence-electron chi connectivity index (χ0n) is 15.7. The summed E-state index contributed by atoms with van der Waals surface area (Å²) in [6, 6.07) is 11.7. The highest BCUT2D eigenvalue weighted by Crippen LogP contribution is 2.34. The van der Waals surface area contributed by atoms with Gasteiger partial charge in [0.1, 0.15) is 11.5 Å². The lowest BCUT2D eigenvalue weighted by Gasteiger charge is -2.20. The van der Waals surface area contributed by atoms with Crippen molar-refractivity contribution in [2.45, 2.75) is 43.0 Å². The van der Waals surface area contributed by atoms with Crippen LogP contribution in [-0.4, -0.2) is 37.4 Å². The summed E-state index contributed by atoms with van der Waals surface area (Å²) in [6.45, 7) is 2.59. The summed E-state index contributed by atoms with van der Waals surface area (Å²) in [4.78, 5) is 16.5. The monoisotopic (exact) mass is 394 g/mol. The van der Waals surface area contributed by atoms with Crippen molar-refractivity contribution in [3.05, 3.63) is 48.8 Å². The van der Waals surface area contributed by atoms with Crippen LogP contribution < -0.4 is 4.74 Å². The van der Waals surface area contributed by atoms with E-state index in [2.05, 4.69) is 15.2 Å². The molecule has 1 unspecified atom stereocenters. The molecule has 0 N–H and O–H groups in total. The first-order valence-electron chi connectivity index (χ1n) is 9.54. The third-order valence-corrected chi connectivity index (χ3v) is 5.96. The molecule has 0 spiro atoms. The van der Waals surface area contributed by atoms with Gasteiger partial charge in [-0.05, 0) is 56.2 Å². The first-order chi connectivity index (χ1) is 13.8. The van der Waals surface area contributed by atoms with E-state index in [1.165, 1.54) is 11.8 Å². The summed E-state index contributed by atoms with van der Waals surface area (Å²) in [7, 11) is 0. The van der Waals surface area contributed by atoms with Crippen LogP contribution in [0.25, 0.3) is 17.1 Å². The average Bonchev–Trinajstić information content (AvgIpc) is 3.15. The molecule has 0 aliphatic heterocycles. The number of ketones is 1. The van der Waals surface area contributed by atoms with Gasteiger partial charge in [0.05, 0.1) is 11.9 Å². The Kier molecular flexibility index (Phi) is 5.71. The number of pyridine rings is 1. The zero-order chi connectivity index (χ0) is 19.3. The SMILES string of the molecule is CCOc1ccc(-n2c(SC3CCCCC3=O)nnc2-c2cccnc2)cc1. The molecule has 28 heavy (non-hydrogen) atoms. The van der Waals surface area contributed by atoms with E-state index < -0.39 is 0 Å². The molecule has 7 heteroatoms. The van der Waals surface area contributed by atoms with Crippen LogP contribution in [0.5, 0.6) is 5.75 Å². The van der Waals surface area contributed by atoms with Gasteiger partial charge in [-0.15, -0.1) is 10.2 Å². The van der Waals surface area contributed by atoms with Crippen LogP contribution in [0.1, 0.15) is 32.6 Å². The summed E-state index contributed by atoms with van der Waals surface area (Å²) in [6.07, 6.45) is 7.12. The summed E-state index contributed by atoms with van der Waals surface area (Å²) in [5.74, 6) is 1.84. The first kappa shape index (κ1) is 18.7. The number of rotatable bonds is 6. The number of ether oxygens (including phenoxy) is 1. The Hall–Kier alpha value is -2.67. The lowest BCUT2D eigenvalue weighted by Crippen LogP contribution is -2.21. The van der Waals surface area contributed by atoms with E-state index in [1.807, 2.05) is 47.9 Å². The van der Waals surface area contributed by atoms with Gasteiger partial charge < -0.3 is 4.74 Å². The lowest BCUT2D eigenvalue weighted by molar-refractivity contribution is -0.119. The van der Waals surface area contributed by atoms with E-state index in [1.54, 1.807) is 12.4 Å². The van der Waals surface area contributed by atoms with Gasteiger partial charge in [0.25, 0.3) is 0 Å². The Balaban J connectivity index is 1.74. The molecule has 144 valence electrons. The summed E-state index contributed by atoms with van der Waals surface area (Å²) < 4.78 is 7.56. The maximum absolute atomic E-state index is 12.3. The Morgan fingerprint density at radius 3 is 2.75 bits per heavy atom. The number of Topliss-reactive ketones (excluding diaryl/α,β-unsaturated/α-hetero) is 1. The number of benzene rings is 1. The van der Waals surface area contributed by atoms with Gasteiger partial charge in [0.15, 0.2) is 11.0 Å². The number of aromatic nitrogens is 4. The molecule has 2 heterocycles. The Morgan fingerprint density at radius 2 is 2.04 bits per heavy atom. The summed E-state index contributed by atoms with van der Waals surface area (Å²) in [5, 5.41) is 9.51. The minimum Gasteiger partial charge on any atom is -0.494 e. The number of carbonyl (C=O) groups is 1. The topological polar surface area (TPSA) is 69.9 Å². The second-order valence-electron chi connectivity index (χ2n) is 6.63. The van der Waals surface area contributed by atoms with Crippen molar-refractivity contribution < 1.29 is 9.53 Å². The molecule has 0 saturated heterocycles. The Morgan fingerprint density at radius 1 is 1.18 bits per heavy atom. The maximum atomic E-state index is 12.3. The normalized spacial score (nSPS) is 16.9. The highest BCUT2D eigenvalue weighted by molar-refractivity contribution is 8.00. The molecule has 1 aliphatic carbocycles. The van der Waals surface area contributed by atoms with E-state index in [0.29, 0.717) is 24.6 Å². The van der Waals surface area contributed by atoms with Gasteiger partial charge in [-0.25, -0.2) is 0 Å². The van der Waals surface area contributed by atoms with Gasteiger partial charge in [0.2, 0.25) is 0 Å². The van der Waals surface area contributed by atoms with Crippen LogP contribution in [0.3, 0.4) is 0 Å². The van der Waals surface area contributed by atoms with Gasteiger partial charge in [-0.1, -0.05) is 18.2 Å². The highest BCUT2D eigenvalue weighted by Gasteiger charge is 2.27. The van der Waals surface area contributed by atoms with Crippen molar-refractivity contribution in [3.63, 3.8) is 0 Å². The highest BCUT2D eigenvalue weighted by atomic mass is 32.2. The summed E-state index contributed by atoms with van der Waals surface area (Å²) >= 11 is 1.51. The van der Waals surface area contributed by atoms with Gasteiger partial charge in [-0.3, -0.25) is 14.3 Å². The third-order valence-electron chi connectivity index (χ3n) is 4.71. The molecule has 0 bridgehead atoms. The summed E-state index contributed by atoms with van der Waals surface area (Å²) in [5.41, 5.74) is 1.81. The van der Waals surface area contributed by atoms with E-state index in [4.69, 9.17) is 4.74 Å². The minimum absolute atomic E-state index is 0.0545. The smallest absolute Gasteiger partial charge is 0.196 e. The molecule has 1 atom stereocenters. The fourth-order valence-electron chi connectivity index (χ4n) is 3.32.